The highest BCUT2D eigenvalue weighted by Crippen LogP contribution is 2.36. The van der Waals surface area contributed by atoms with Crippen molar-refractivity contribution in [3.05, 3.63) is 81.3 Å². The lowest BCUT2D eigenvalue weighted by Crippen LogP contribution is -2.22. The van der Waals surface area contributed by atoms with Gasteiger partial charge < -0.3 is 10.1 Å². The van der Waals surface area contributed by atoms with E-state index in [0.717, 1.165) is 6.07 Å². The number of rotatable bonds is 7. The van der Waals surface area contributed by atoms with Gasteiger partial charge in [0.2, 0.25) is 0 Å². The van der Waals surface area contributed by atoms with Gasteiger partial charge in [0.05, 0.1) is 31.9 Å². The van der Waals surface area contributed by atoms with Crippen molar-refractivity contribution < 1.29 is 31.1 Å². The van der Waals surface area contributed by atoms with Gasteiger partial charge in [0, 0.05) is 5.02 Å². The largest absolute Gasteiger partial charge is 0.484 e. The van der Waals surface area contributed by atoms with Crippen LogP contribution in [0.15, 0.2) is 65.6 Å². The lowest BCUT2D eigenvalue weighted by Gasteiger charge is -2.14. The number of alkyl halides is 3. The van der Waals surface area contributed by atoms with Crippen molar-refractivity contribution in [3.8, 4) is 5.75 Å². The molecular formula is C21H14Cl3F3N2O4S. The second-order valence-corrected chi connectivity index (χ2v) is 9.66. The van der Waals surface area contributed by atoms with Crippen LogP contribution >= 0.6 is 34.8 Å². The fourth-order valence-electron chi connectivity index (χ4n) is 2.68. The fraction of sp³-hybridized carbons (Fsp3) is 0.0952. The predicted octanol–water partition coefficient (Wildman–Crippen LogP) is 6.48. The monoisotopic (exact) mass is 552 g/mol. The minimum Gasteiger partial charge on any atom is -0.484 e. The molecule has 2 N–H and O–H groups in total. The number of carbonyl (C=O) groups excluding carboxylic acids is 1. The van der Waals surface area contributed by atoms with Crippen LogP contribution in [0.3, 0.4) is 0 Å². The van der Waals surface area contributed by atoms with Gasteiger partial charge in [-0.1, -0.05) is 34.8 Å². The van der Waals surface area contributed by atoms with Crippen LogP contribution in [0.1, 0.15) is 5.56 Å². The van der Waals surface area contributed by atoms with Crippen LogP contribution in [0.5, 0.6) is 5.75 Å². The van der Waals surface area contributed by atoms with Crippen molar-refractivity contribution in [3.63, 3.8) is 0 Å². The molecule has 0 aliphatic heterocycles. The molecule has 3 aromatic carbocycles. The number of hydrogen-bond donors (Lipinski definition) is 2. The molecule has 3 rings (SSSR count). The molecule has 0 spiro atoms. The summed E-state index contributed by atoms with van der Waals surface area (Å²) in [5, 5.41) is 2.42. The van der Waals surface area contributed by atoms with E-state index >= 15 is 0 Å². The topological polar surface area (TPSA) is 84.5 Å². The van der Waals surface area contributed by atoms with E-state index in [1.54, 1.807) is 0 Å². The third-order valence-corrected chi connectivity index (χ3v) is 6.61. The summed E-state index contributed by atoms with van der Waals surface area (Å²) in [6, 6.07) is 12.2. The number of nitrogens with one attached hydrogen (secondary N) is 2. The van der Waals surface area contributed by atoms with Gasteiger partial charge in [0.25, 0.3) is 15.9 Å². The first kappa shape index (κ1) is 26.0. The summed E-state index contributed by atoms with van der Waals surface area (Å²) in [6.07, 6.45) is -4.72. The van der Waals surface area contributed by atoms with E-state index in [2.05, 4.69) is 10.0 Å². The Balaban J connectivity index is 1.63. The molecule has 3 aromatic rings. The number of halogens is 6. The van der Waals surface area contributed by atoms with E-state index in [4.69, 9.17) is 39.5 Å². The zero-order chi connectivity index (χ0) is 25.1. The standard InChI is InChI=1S/C21H14Cl3F3N2O4S/c22-12-1-8-19(16(9-12)21(25,26)27)28-20(30)11-33-14-3-5-15(6-4-14)34(31,32)29-13-2-7-17(23)18(24)10-13/h1-10,29H,11H2,(H,28,30). The highest BCUT2D eigenvalue weighted by atomic mass is 35.5. The Kier molecular flexibility index (Phi) is 7.87. The Hall–Kier alpha value is -2.66. The normalized spacial score (nSPS) is 11.7. The summed E-state index contributed by atoms with van der Waals surface area (Å²) in [7, 11) is -3.96. The SMILES string of the molecule is O=C(COc1ccc(S(=O)(=O)Nc2ccc(Cl)c(Cl)c2)cc1)Nc1ccc(Cl)cc1C(F)(F)F. The van der Waals surface area contributed by atoms with Gasteiger partial charge in [-0.2, -0.15) is 13.2 Å². The van der Waals surface area contributed by atoms with Crippen LogP contribution in [0, 0.1) is 0 Å². The number of hydrogen-bond acceptors (Lipinski definition) is 4. The summed E-state index contributed by atoms with van der Waals surface area (Å²) in [5.74, 6) is -0.735. The first-order chi connectivity index (χ1) is 15.8. The predicted molar refractivity (Wildman–Crippen MR) is 124 cm³/mol. The maximum Gasteiger partial charge on any atom is 0.418 e. The zero-order valence-electron chi connectivity index (χ0n) is 16.8. The number of carbonyl (C=O) groups is 1. The van der Waals surface area contributed by atoms with E-state index in [1.165, 1.54) is 48.5 Å². The second kappa shape index (κ2) is 10.3. The van der Waals surface area contributed by atoms with E-state index < -0.39 is 40.0 Å². The van der Waals surface area contributed by atoms with Crippen LogP contribution in [0.25, 0.3) is 0 Å². The minimum atomic E-state index is -4.72. The highest BCUT2D eigenvalue weighted by Gasteiger charge is 2.34. The Morgan fingerprint density at radius 2 is 1.59 bits per heavy atom. The molecule has 0 aromatic heterocycles. The lowest BCUT2D eigenvalue weighted by molar-refractivity contribution is -0.137. The third kappa shape index (κ3) is 6.69. The molecule has 13 heteroatoms. The number of ether oxygens (including phenoxy) is 1. The molecule has 0 fully saturated rings. The number of sulfonamides is 1. The van der Waals surface area contributed by atoms with Crippen molar-refractivity contribution in [2.75, 3.05) is 16.6 Å². The van der Waals surface area contributed by atoms with Crippen LogP contribution < -0.4 is 14.8 Å². The van der Waals surface area contributed by atoms with Gasteiger partial charge in [-0.3, -0.25) is 9.52 Å². The van der Waals surface area contributed by atoms with E-state index in [9.17, 15) is 26.4 Å². The summed E-state index contributed by atoms with van der Waals surface area (Å²) < 4.78 is 72.0. The number of anilines is 2. The highest BCUT2D eigenvalue weighted by molar-refractivity contribution is 7.92. The van der Waals surface area contributed by atoms with Gasteiger partial charge in [0.15, 0.2) is 6.61 Å². The summed E-state index contributed by atoms with van der Waals surface area (Å²) >= 11 is 17.3. The fourth-order valence-corrected chi connectivity index (χ4v) is 4.20. The van der Waals surface area contributed by atoms with Crippen molar-refractivity contribution in [2.24, 2.45) is 0 Å². The lowest BCUT2D eigenvalue weighted by atomic mass is 10.1. The van der Waals surface area contributed by atoms with Crippen LogP contribution in [-0.4, -0.2) is 20.9 Å². The molecule has 0 saturated heterocycles. The molecule has 0 saturated carbocycles. The van der Waals surface area contributed by atoms with Crippen molar-refractivity contribution in [2.45, 2.75) is 11.1 Å². The molecule has 0 aliphatic carbocycles. The Bertz CT molecular complexity index is 1320. The molecule has 0 bridgehead atoms. The van der Waals surface area contributed by atoms with Gasteiger partial charge in [-0.05, 0) is 60.7 Å². The molecule has 34 heavy (non-hydrogen) atoms. The first-order valence-electron chi connectivity index (χ1n) is 9.22. The van der Waals surface area contributed by atoms with Gasteiger partial charge in [-0.15, -0.1) is 0 Å². The smallest absolute Gasteiger partial charge is 0.418 e. The van der Waals surface area contributed by atoms with Gasteiger partial charge >= 0.3 is 6.18 Å². The molecule has 0 atom stereocenters. The van der Waals surface area contributed by atoms with Crippen molar-refractivity contribution in [1.29, 1.82) is 0 Å². The summed E-state index contributed by atoms with van der Waals surface area (Å²) in [5.41, 5.74) is -1.37. The Labute approximate surface area is 207 Å². The number of amides is 1. The van der Waals surface area contributed by atoms with Gasteiger partial charge in [0.1, 0.15) is 5.75 Å². The maximum atomic E-state index is 13.1. The van der Waals surface area contributed by atoms with Crippen LogP contribution in [0.4, 0.5) is 24.5 Å². The Morgan fingerprint density at radius 1 is 0.912 bits per heavy atom. The number of benzene rings is 3. The average Bonchev–Trinajstić information content (AvgIpc) is 2.75. The third-order valence-electron chi connectivity index (χ3n) is 4.24. The van der Waals surface area contributed by atoms with E-state index in [1.807, 2.05) is 0 Å². The molecule has 180 valence electrons. The second-order valence-electron chi connectivity index (χ2n) is 6.73. The van der Waals surface area contributed by atoms with E-state index in [-0.39, 0.29) is 31.4 Å². The molecule has 0 aliphatic rings. The summed E-state index contributed by atoms with van der Waals surface area (Å²) in [4.78, 5) is 12.0. The average molecular weight is 554 g/mol. The molecule has 6 nitrogen and oxygen atoms in total. The van der Waals surface area contributed by atoms with E-state index in [0.29, 0.717) is 6.07 Å². The van der Waals surface area contributed by atoms with Crippen LogP contribution in [0.2, 0.25) is 15.1 Å². The first-order valence-corrected chi connectivity index (χ1v) is 11.8. The molecule has 0 radical (unpaired) electrons. The van der Waals surface area contributed by atoms with Crippen molar-refractivity contribution in [1.82, 2.24) is 0 Å². The van der Waals surface area contributed by atoms with Gasteiger partial charge in [-0.25, -0.2) is 8.42 Å². The maximum absolute atomic E-state index is 13.1. The molecule has 0 unspecified atom stereocenters. The minimum absolute atomic E-state index is 0.105. The molecule has 1 amide bonds. The Morgan fingerprint density at radius 3 is 2.21 bits per heavy atom. The molecule has 0 heterocycles. The zero-order valence-corrected chi connectivity index (χ0v) is 19.9. The molecular weight excluding hydrogens is 540 g/mol. The summed E-state index contributed by atoms with van der Waals surface area (Å²) in [6.45, 7) is -0.618. The quantitative estimate of drug-likeness (QED) is 0.351. The van der Waals surface area contributed by atoms with Crippen molar-refractivity contribution >= 4 is 62.1 Å². The van der Waals surface area contributed by atoms with Crippen LogP contribution in [-0.2, 0) is 21.0 Å².